The van der Waals surface area contributed by atoms with Gasteiger partial charge in [0.05, 0.1) is 5.56 Å². The van der Waals surface area contributed by atoms with Crippen LogP contribution in [0.15, 0.2) is 54.6 Å². The summed E-state index contributed by atoms with van der Waals surface area (Å²) in [5, 5.41) is 2.38. The van der Waals surface area contributed by atoms with Crippen LogP contribution in [0.2, 0.25) is 0 Å². The van der Waals surface area contributed by atoms with Crippen molar-refractivity contribution in [1.82, 2.24) is 0 Å². The molecule has 0 atom stereocenters. The van der Waals surface area contributed by atoms with Gasteiger partial charge in [0.1, 0.15) is 0 Å². The molecule has 0 aliphatic heterocycles. The van der Waals surface area contributed by atoms with Crippen LogP contribution in [0.4, 0.5) is 16.2 Å². The van der Waals surface area contributed by atoms with E-state index in [2.05, 4.69) is 5.32 Å². The summed E-state index contributed by atoms with van der Waals surface area (Å²) in [4.78, 5) is 37.1. The number of nitrogens with zero attached hydrogens (tertiary/aromatic N) is 1. The van der Waals surface area contributed by atoms with Crippen LogP contribution in [0.3, 0.4) is 0 Å². The van der Waals surface area contributed by atoms with Crippen molar-refractivity contribution in [3.05, 3.63) is 60.2 Å². The third-order valence-corrected chi connectivity index (χ3v) is 3.51. The van der Waals surface area contributed by atoms with Crippen molar-refractivity contribution in [2.45, 2.75) is 19.9 Å². The quantitative estimate of drug-likeness (QED) is 0.778. The third-order valence-electron chi connectivity index (χ3n) is 3.51. The molecular formula is C19H21N3O4. The van der Waals surface area contributed by atoms with Gasteiger partial charge in [-0.1, -0.05) is 24.3 Å². The van der Waals surface area contributed by atoms with Crippen LogP contribution in [0.25, 0.3) is 0 Å². The number of hydrogen-bond donors (Lipinski definition) is 2. The average molecular weight is 355 g/mol. The molecule has 0 aliphatic carbocycles. The minimum absolute atomic E-state index is 0.0910. The number of para-hydroxylation sites is 1. The molecule has 0 bridgehead atoms. The van der Waals surface area contributed by atoms with Crippen molar-refractivity contribution in [3.63, 3.8) is 0 Å². The lowest BCUT2D eigenvalue weighted by Gasteiger charge is -2.26. The number of nitrogens with one attached hydrogen (secondary N) is 1. The van der Waals surface area contributed by atoms with Gasteiger partial charge in [-0.3, -0.25) is 4.79 Å². The van der Waals surface area contributed by atoms with Crippen molar-refractivity contribution in [2.24, 2.45) is 5.73 Å². The number of amides is 3. The van der Waals surface area contributed by atoms with Crippen molar-refractivity contribution in [1.29, 1.82) is 0 Å². The Labute approximate surface area is 151 Å². The largest absolute Gasteiger partial charge is 0.452 e. The molecule has 136 valence electrons. The molecule has 7 heteroatoms. The van der Waals surface area contributed by atoms with Gasteiger partial charge in [-0.25, -0.2) is 9.59 Å². The Hall–Kier alpha value is -3.35. The number of hydrogen-bond acceptors (Lipinski definition) is 4. The summed E-state index contributed by atoms with van der Waals surface area (Å²) in [7, 11) is 0. The molecule has 0 saturated heterocycles. The van der Waals surface area contributed by atoms with Crippen molar-refractivity contribution < 1.29 is 19.1 Å². The number of carbonyl (C=O) groups excluding carboxylic acids is 3. The summed E-state index contributed by atoms with van der Waals surface area (Å²) in [5.41, 5.74) is 6.36. The van der Waals surface area contributed by atoms with Crippen LogP contribution >= 0.6 is 0 Å². The Balaban J connectivity index is 2.04. The van der Waals surface area contributed by atoms with E-state index in [4.69, 9.17) is 10.5 Å². The van der Waals surface area contributed by atoms with Gasteiger partial charge in [-0.15, -0.1) is 0 Å². The molecule has 26 heavy (non-hydrogen) atoms. The third kappa shape index (κ3) is 5.07. The van der Waals surface area contributed by atoms with Crippen LogP contribution in [0, 0.1) is 0 Å². The van der Waals surface area contributed by atoms with E-state index in [-0.39, 0.29) is 24.1 Å². The zero-order valence-corrected chi connectivity index (χ0v) is 14.6. The molecule has 0 aliphatic rings. The molecular weight excluding hydrogens is 334 g/mol. The fourth-order valence-corrected chi connectivity index (χ4v) is 2.47. The molecule has 0 heterocycles. The van der Waals surface area contributed by atoms with E-state index >= 15 is 0 Å². The highest BCUT2D eigenvalue weighted by Gasteiger charge is 2.20. The minimum Gasteiger partial charge on any atom is -0.452 e. The molecule has 0 unspecified atom stereocenters. The zero-order chi connectivity index (χ0) is 19.1. The van der Waals surface area contributed by atoms with Crippen LogP contribution in [0.5, 0.6) is 0 Å². The second-order valence-electron chi connectivity index (χ2n) is 5.84. The Morgan fingerprint density at radius 3 is 2.38 bits per heavy atom. The number of urea groups is 1. The highest BCUT2D eigenvalue weighted by Crippen LogP contribution is 2.17. The molecule has 2 aromatic carbocycles. The van der Waals surface area contributed by atoms with Crippen LogP contribution < -0.4 is 16.0 Å². The molecule has 0 spiro atoms. The first-order valence-electron chi connectivity index (χ1n) is 8.09. The SMILES string of the molecule is CC(C)N(C(=O)COC(=O)c1cccc(NC(N)=O)c1)c1ccccc1. The maximum absolute atomic E-state index is 12.5. The summed E-state index contributed by atoms with van der Waals surface area (Å²) < 4.78 is 5.13. The first kappa shape index (κ1) is 19.0. The maximum atomic E-state index is 12.5. The monoisotopic (exact) mass is 355 g/mol. The van der Waals surface area contributed by atoms with Gasteiger partial charge >= 0.3 is 12.0 Å². The second-order valence-corrected chi connectivity index (χ2v) is 5.84. The first-order chi connectivity index (χ1) is 12.4. The number of rotatable bonds is 6. The fraction of sp³-hybridized carbons (Fsp3) is 0.211. The molecule has 0 radical (unpaired) electrons. The van der Waals surface area contributed by atoms with E-state index in [1.165, 1.54) is 12.1 Å². The predicted octanol–water partition coefficient (Wildman–Crippen LogP) is 2.78. The lowest BCUT2D eigenvalue weighted by Crippen LogP contribution is -2.39. The molecule has 0 fully saturated rings. The number of esters is 1. The van der Waals surface area contributed by atoms with Gasteiger partial charge in [-0.05, 0) is 44.2 Å². The van der Waals surface area contributed by atoms with Crippen LogP contribution in [0.1, 0.15) is 24.2 Å². The number of anilines is 2. The van der Waals surface area contributed by atoms with Crippen molar-refractivity contribution in [2.75, 3.05) is 16.8 Å². The van der Waals surface area contributed by atoms with E-state index in [0.29, 0.717) is 5.69 Å². The number of ether oxygens (including phenoxy) is 1. The highest BCUT2D eigenvalue weighted by atomic mass is 16.5. The Kier molecular flexibility index (Phi) is 6.32. The molecule has 3 N–H and O–H groups in total. The average Bonchev–Trinajstić information content (AvgIpc) is 2.60. The van der Waals surface area contributed by atoms with Gasteiger partial charge in [0.25, 0.3) is 5.91 Å². The number of benzene rings is 2. The van der Waals surface area contributed by atoms with Crippen LogP contribution in [-0.2, 0) is 9.53 Å². The topological polar surface area (TPSA) is 102 Å². The van der Waals surface area contributed by atoms with Gasteiger partial charge < -0.3 is 20.7 Å². The lowest BCUT2D eigenvalue weighted by atomic mass is 10.2. The second kappa shape index (κ2) is 8.66. The van der Waals surface area contributed by atoms with Crippen LogP contribution in [-0.4, -0.2) is 30.6 Å². The number of nitrogens with two attached hydrogens (primary N) is 1. The van der Waals surface area contributed by atoms with E-state index in [1.807, 2.05) is 44.2 Å². The Morgan fingerprint density at radius 1 is 1.08 bits per heavy atom. The van der Waals surface area contributed by atoms with Gasteiger partial charge in [0, 0.05) is 17.4 Å². The molecule has 0 saturated carbocycles. The number of carbonyl (C=O) groups is 3. The summed E-state index contributed by atoms with van der Waals surface area (Å²) in [5.74, 6) is -0.991. The van der Waals surface area contributed by atoms with Gasteiger partial charge in [-0.2, -0.15) is 0 Å². The summed E-state index contributed by atoms with van der Waals surface area (Å²) in [6.45, 7) is 3.37. The fourth-order valence-electron chi connectivity index (χ4n) is 2.47. The van der Waals surface area contributed by atoms with Crippen molar-refractivity contribution in [3.8, 4) is 0 Å². The zero-order valence-electron chi connectivity index (χ0n) is 14.6. The Bertz CT molecular complexity index is 790. The minimum atomic E-state index is -0.735. The molecule has 2 aromatic rings. The first-order valence-corrected chi connectivity index (χ1v) is 8.09. The standard InChI is InChI=1S/C19H21N3O4/c1-13(2)22(16-9-4-3-5-10-16)17(23)12-26-18(24)14-7-6-8-15(11-14)21-19(20)25/h3-11,13H,12H2,1-2H3,(H3,20,21,25). The summed E-state index contributed by atoms with van der Waals surface area (Å²) >= 11 is 0. The summed E-state index contributed by atoms with van der Waals surface area (Å²) in [6.07, 6.45) is 0. The molecule has 7 nitrogen and oxygen atoms in total. The number of primary amides is 1. The van der Waals surface area contributed by atoms with Crippen molar-refractivity contribution >= 4 is 29.3 Å². The highest BCUT2D eigenvalue weighted by molar-refractivity contribution is 5.98. The van der Waals surface area contributed by atoms with E-state index in [0.717, 1.165) is 5.69 Å². The smallest absolute Gasteiger partial charge is 0.338 e. The normalized spacial score (nSPS) is 10.3. The maximum Gasteiger partial charge on any atom is 0.338 e. The molecule has 3 amide bonds. The predicted molar refractivity (Wildman–Crippen MR) is 99.0 cm³/mol. The van der Waals surface area contributed by atoms with E-state index in [9.17, 15) is 14.4 Å². The molecule has 2 rings (SSSR count). The van der Waals surface area contributed by atoms with E-state index < -0.39 is 12.0 Å². The molecule has 0 aromatic heterocycles. The Morgan fingerprint density at radius 2 is 1.77 bits per heavy atom. The van der Waals surface area contributed by atoms with E-state index in [1.54, 1.807) is 17.0 Å². The lowest BCUT2D eigenvalue weighted by molar-refractivity contribution is -0.122. The van der Waals surface area contributed by atoms with Gasteiger partial charge in [0.2, 0.25) is 0 Å². The van der Waals surface area contributed by atoms with Gasteiger partial charge in [0.15, 0.2) is 6.61 Å². The summed E-state index contributed by atoms with van der Waals surface area (Å²) in [6, 6.07) is 14.5.